The van der Waals surface area contributed by atoms with Crippen LogP contribution in [-0.2, 0) is 0 Å². The van der Waals surface area contributed by atoms with E-state index in [1.165, 1.54) is 16.2 Å². The van der Waals surface area contributed by atoms with Gasteiger partial charge in [-0.15, -0.1) is 0 Å². The van der Waals surface area contributed by atoms with Crippen LogP contribution in [0, 0.1) is 11.6 Å². The van der Waals surface area contributed by atoms with Crippen LogP contribution in [0.2, 0.25) is 0 Å². The number of allylic oxidation sites excluding steroid dienone is 1. The van der Waals surface area contributed by atoms with Crippen molar-refractivity contribution in [1.29, 1.82) is 0 Å². The van der Waals surface area contributed by atoms with Crippen molar-refractivity contribution in [3.8, 4) is 17.0 Å². The van der Waals surface area contributed by atoms with Crippen molar-refractivity contribution >= 4 is 17.2 Å². The highest BCUT2D eigenvalue weighted by Crippen LogP contribution is 2.37. The van der Waals surface area contributed by atoms with Crippen molar-refractivity contribution in [2.45, 2.75) is 31.7 Å². The molecule has 4 aromatic rings. The number of pyridine rings is 1. The molecule has 2 atom stereocenters. The van der Waals surface area contributed by atoms with Gasteiger partial charge in [-0.05, 0) is 49.4 Å². The van der Waals surface area contributed by atoms with Gasteiger partial charge in [-0.2, -0.15) is 9.61 Å². The summed E-state index contributed by atoms with van der Waals surface area (Å²) in [6, 6.07) is 7.32. The summed E-state index contributed by atoms with van der Waals surface area (Å²) in [6.45, 7) is 1.76. The summed E-state index contributed by atoms with van der Waals surface area (Å²) < 4.78 is 36.3. The molecule has 0 amide bonds. The summed E-state index contributed by atoms with van der Waals surface area (Å²) >= 11 is 0. The van der Waals surface area contributed by atoms with Gasteiger partial charge in [0.15, 0.2) is 0 Å². The van der Waals surface area contributed by atoms with Crippen LogP contribution in [0.5, 0.6) is 5.75 Å². The van der Waals surface area contributed by atoms with E-state index in [0.29, 0.717) is 11.5 Å². The number of aliphatic hydroxyl groups excluding tert-OH is 1. The van der Waals surface area contributed by atoms with Crippen LogP contribution in [0.3, 0.4) is 0 Å². The zero-order valence-corrected chi connectivity index (χ0v) is 19.7. The minimum absolute atomic E-state index is 0.00790. The van der Waals surface area contributed by atoms with Crippen molar-refractivity contribution in [3.05, 3.63) is 77.8 Å². The Morgan fingerprint density at radius 3 is 2.75 bits per heavy atom. The molecule has 186 valence electrons. The summed E-state index contributed by atoms with van der Waals surface area (Å²) in [7, 11) is 0. The smallest absolute Gasteiger partial charge is 0.229 e. The molecular weight excluding hydrogens is 466 g/mol. The number of nitrogens with two attached hydrogens (primary N) is 1. The van der Waals surface area contributed by atoms with Gasteiger partial charge in [-0.3, -0.25) is 4.98 Å². The van der Waals surface area contributed by atoms with E-state index < -0.39 is 11.6 Å². The first kappa shape index (κ1) is 23.8. The molecule has 0 saturated heterocycles. The molecule has 4 N–H and O–H groups in total. The number of nitrogens with zero attached hydrogens (tertiary/aromatic N) is 4. The largest absolute Gasteiger partial charge is 0.491 e. The second-order valence-electron chi connectivity index (χ2n) is 8.87. The molecule has 8 nitrogen and oxygen atoms in total. The molecule has 3 heterocycles. The normalized spacial score (nSPS) is 17.8. The second-order valence-corrected chi connectivity index (χ2v) is 8.87. The average molecular weight is 493 g/mol. The maximum Gasteiger partial charge on any atom is 0.229 e. The minimum atomic E-state index is -0.823. The van der Waals surface area contributed by atoms with Crippen LogP contribution in [0.25, 0.3) is 16.8 Å². The fraction of sp³-hybridized carbons (Fsp3) is 0.269. The highest BCUT2D eigenvalue weighted by Gasteiger charge is 2.23. The number of nitrogens with one attached hydrogen (secondary N) is 1. The van der Waals surface area contributed by atoms with Gasteiger partial charge in [0.25, 0.3) is 0 Å². The summed E-state index contributed by atoms with van der Waals surface area (Å²) in [4.78, 5) is 8.69. The molecule has 10 heteroatoms. The number of rotatable bonds is 7. The van der Waals surface area contributed by atoms with Gasteiger partial charge >= 0.3 is 0 Å². The quantitative estimate of drug-likeness (QED) is 0.329. The number of fused-ring (bicyclic) bond motifs is 1. The van der Waals surface area contributed by atoms with Crippen LogP contribution >= 0.6 is 0 Å². The van der Waals surface area contributed by atoms with E-state index in [1.807, 2.05) is 6.07 Å². The Balaban J connectivity index is 1.49. The second kappa shape index (κ2) is 10.00. The van der Waals surface area contributed by atoms with E-state index in [0.717, 1.165) is 36.2 Å². The summed E-state index contributed by atoms with van der Waals surface area (Å²) in [6.07, 6.45) is 8.91. The highest BCUT2D eigenvalue weighted by atomic mass is 19.1. The van der Waals surface area contributed by atoms with Crippen LogP contribution in [0.15, 0.2) is 60.6 Å². The van der Waals surface area contributed by atoms with Gasteiger partial charge < -0.3 is 20.9 Å². The van der Waals surface area contributed by atoms with Crippen molar-refractivity contribution in [1.82, 2.24) is 19.6 Å². The van der Waals surface area contributed by atoms with Gasteiger partial charge in [-0.25, -0.2) is 13.8 Å². The average Bonchev–Trinajstić information content (AvgIpc) is 3.24. The lowest BCUT2D eigenvalue weighted by Crippen LogP contribution is -2.25. The zero-order chi connectivity index (χ0) is 25.2. The fourth-order valence-corrected chi connectivity index (χ4v) is 4.67. The molecule has 0 bridgehead atoms. The van der Waals surface area contributed by atoms with Gasteiger partial charge in [0.2, 0.25) is 5.95 Å². The lowest BCUT2D eigenvalue weighted by atomic mass is 9.82. The molecule has 0 fully saturated rings. The first-order valence-corrected chi connectivity index (χ1v) is 11.6. The maximum atomic E-state index is 14.8. The third-order valence-electron chi connectivity index (χ3n) is 6.18. The summed E-state index contributed by atoms with van der Waals surface area (Å²) in [5.41, 5.74) is 9.76. The van der Waals surface area contributed by atoms with E-state index in [-0.39, 0.29) is 42.2 Å². The number of aromatic nitrogens is 4. The molecule has 5 rings (SSSR count). The maximum absolute atomic E-state index is 14.8. The fourth-order valence-electron chi connectivity index (χ4n) is 4.67. The minimum Gasteiger partial charge on any atom is -0.491 e. The third kappa shape index (κ3) is 4.77. The monoisotopic (exact) mass is 492 g/mol. The summed E-state index contributed by atoms with van der Waals surface area (Å²) in [5, 5.41) is 16.6. The number of halogens is 2. The zero-order valence-electron chi connectivity index (χ0n) is 19.7. The van der Waals surface area contributed by atoms with Crippen LogP contribution in [0.1, 0.15) is 31.2 Å². The molecule has 0 radical (unpaired) electrons. The van der Waals surface area contributed by atoms with E-state index in [9.17, 15) is 8.78 Å². The highest BCUT2D eigenvalue weighted by molar-refractivity contribution is 5.66. The Labute approximate surface area is 206 Å². The number of benzene rings is 1. The molecule has 3 aromatic heterocycles. The van der Waals surface area contributed by atoms with E-state index >= 15 is 0 Å². The topological polar surface area (TPSA) is 111 Å². The third-order valence-corrected chi connectivity index (χ3v) is 6.18. The Bertz CT molecular complexity index is 1410. The predicted molar refractivity (Wildman–Crippen MR) is 132 cm³/mol. The number of hydrogen-bond acceptors (Lipinski definition) is 7. The summed E-state index contributed by atoms with van der Waals surface area (Å²) in [5.74, 6) is -1.05. The SMILES string of the molecule is CC1=CC(N)CC(c2ccncc2Nc2ncc3ccc(-c4c(F)cc(OCCO)cc4F)nn23)C1. The van der Waals surface area contributed by atoms with Crippen LogP contribution < -0.4 is 15.8 Å². The lowest BCUT2D eigenvalue weighted by Gasteiger charge is -2.27. The molecule has 36 heavy (non-hydrogen) atoms. The first-order valence-electron chi connectivity index (χ1n) is 11.6. The molecule has 0 saturated carbocycles. The first-order chi connectivity index (χ1) is 17.4. The molecule has 1 aliphatic carbocycles. The Kier molecular flexibility index (Phi) is 6.62. The predicted octanol–water partition coefficient (Wildman–Crippen LogP) is 4.34. The Hall–Kier alpha value is -3.89. The molecule has 1 aliphatic rings. The van der Waals surface area contributed by atoms with Gasteiger partial charge in [0, 0.05) is 24.4 Å². The molecular formula is C26H26F2N6O2. The van der Waals surface area contributed by atoms with Crippen molar-refractivity contribution < 1.29 is 18.6 Å². The van der Waals surface area contributed by atoms with Crippen molar-refractivity contribution in [2.24, 2.45) is 5.73 Å². The molecule has 0 aliphatic heterocycles. The van der Waals surface area contributed by atoms with E-state index in [1.54, 1.807) is 24.7 Å². The molecule has 1 aromatic carbocycles. The van der Waals surface area contributed by atoms with Gasteiger partial charge in [0.1, 0.15) is 24.0 Å². The van der Waals surface area contributed by atoms with E-state index in [4.69, 9.17) is 15.6 Å². The lowest BCUT2D eigenvalue weighted by molar-refractivity contribution is 0.200. The number of aliphatic hydroxyl groups is 1. The molecule has 0 spiro atoms. The van der Waals surface area contributed by atoms with E-state index in [2.05, 4.69) is 33.4 Å². The Morgan fingerprint density at radius 2 is 2.00 bits per heavy atom. The molecule has 2 unspecified atom stereocenters. The van der Waals surface area contributed by atoms with Crippen LogP contribution in [0.4, 0.5) is 20.4 Å². The van der Waals surface area contributed by atoms with Gasteiger partial charge in [-0.1, -0.05) is 11.6 Å². The number of imidazole rings is 1. The number of ether oxygens (including phenoxy) is 1. The van der Waals surface area contributed by atoms with Crippen molar-refractivity contribution in [2.75, 3.05) is 18.5 Å². The Morgan fingerprint density at radius 1 is 1.19 bits per heavy atom. The number of anilines is 2. The van der Waals surface area contributed by atoms with Crippen molar-refractivity contribution in [3.63, 3.8) is 0 Å². The standard InChI is InChI=1S/C26H26F2N6O2/c1-15-8-16(10-17(29)9-15)20-4-5-30-14-24(20)32-26-31-13-18-2-3-23(33-34(18)26)25-21(27)11-19(12-22(25)28)36-7-6-35/h2-5,9,11-14,16-17,35H,6-8,10,29H2,1H3,(H,31,32). The van der Waals surface area contributed by atoms with Gasteiger partial charge in [0.05, 0.1) is 41.5 Å². The van der Waals surface area contributed by atoms with Crippen LogP contribution in [-0.4, -0.2) is 43.9 Å². The number of hydrogen-bond donors (Lipinski definition) is 3.